The van der Waals surface area contributed by atoms with E-state index in [2.05, 4.69) is 5.16 Å². The zero-order chi connectivity index (χ0) is 12.3. The highest BCUT2D eigenvalue weighted by Crippen LogP contribution is 2.35. The molecule has 0 bridgehead atoms. The molecule has 0 saturated heterocycles. The van der Waals surface area contributed by atoms with E-state index >= 15 is 0 Å². The Morgan fingerprint density at radius 2 is 2.29 bits per heavy atom. The first kappa shape index (κ1) is 11.4. The molecule has 1 heterocycles. The molecule has 3 N–H and O–H groups in total. The van der Waals surface area contributed by atoms with Gasteiger partial charge in [0.15, 0.2) is 11.5 Å². The van der Waals surface area contributed by atoms with Crippen molar-refractivity contribution in [2.24, 2.45) is 10.9 Å². The Morgan fingerprint density at radius 3 is 3.06 bits per heavy atom. The highest BCUT2D eigenvalue weighted by molar-refractivity contribution is 5.80. The van der Waals surface area contributed by atoms with Crippen molar-refractivity contribution < 1.29 is 19.4 Å². The molecule has 0 fully saturated rings. The first-order chi connectivity index (χ1) is 8.19. The molecule has 2 rings (SSSR count). The number of nitrogens with two attached hydrogens (primary N) is 1. The lowest BCUT2D eigenvalue weighted by Crippen LogP contribution is -2.22. The number of hydrogen-bond acceptors (Lipinski definition) is 5. The molecule has 0 aromatic heterocycles. The maximum absolute atomic E-state index is 8.45. The van der Waals surface area contributed by atoms with Crippen molar-refractivity contribution in [2.75, 3.05) is 6.79 Å². The van der Waals surface area contributed by atoms with Crippen LogP contribution in [0.3, 0.4) is 0 Å². The average molecular weight is 238 g/mol. The quantitative estimate of drug-likeness (QED) is 0.357. The van der Waals surface area contributed by atoms with Crippen LogP contribution in [0.5, 0.6) is 17.2 Å². The number of benzene rings is 1. The molecule has 1 atom stereocenters. The number of rotatable bonds is 4. The van der Waals surface area contributed by atoms with Crippen LogP contribution in [0.2, 0.25) is 0 Å². The van der Waals surface area contributed by atoms with Crippen molar-refractivity contribution in [1.29, 1.82) is 0 Å². The van der Waals surface area contributed by atoms with Gasteiger partial charge < -0.3 is 25.2 Å². The van der Waals surface area contributed by atoms with Gasteiger partial charge >= 0.3 is 0 Å². The number of hydrogen-bond donors (Lipinski definition) is 2. The normalized spacial score (nSPS) is 15.7. The molecule has 1 unspecified atom stereocenters. The highest BCUT2D eigenvalue weighted by atomic mass is 16.7. The Labute approximate surface area is 98.6 Å². The monoisotopic (exact) mass is 238 g/mol. The molecule has 0 saturated carbocycles. The molecule has 1 aliphatic rings. The Bertz CT molecular complexity index is 433. The van der Waals surface area contributed by atoms with E-state index in [9.17, 15) is 0 Å². The molecule has 0 spiro atoms. The minimum atomic E-state index is -0.189. The summed E-state index contributed by atoms with van der Waals surface area (Å²) in [5.74, 6) is 2.17. The molecule has 1 aromatic rings. The van der Waals surface area contributed by atoms with E-state index in [4.69, 9.17) is 25.2 Å². The summed E-state index contributed by atoms with van der Waals surface area (Å²) in [7, 11) is 0. The van der Waals surface area contributed by atoms with Crippen molar-refractivity contribution in [1.82, 2.24) is 0 Å². The number of nitrogens with zero attached hydrogens (tertiary/aromatic N) is 1. The van der Waals surface area contributed by atoms with Crippen molar-refractivity contribution in [2.45, 2.75) is 19.4 Å². The van der Waals surface area contributed by atoms with Gasteiger partial charge in [-0.3, -0.25) is 0 Å². The second kappa shape index (κ2) is 4.82. The average Bonchev–Trinajstić information content (AvgIpc) is 2.75. The maximum atomic E-state index is 8.45. The van der Waals surface area contributed by atoms with Gasteiger partial charge in [-0.15, -0.1) is 0 Å². The van der Waals surface area contributed by atoms with Crippen LogP contribution in [0.15, 0.2) is 23.4 Å². The van der Waals surface area contributed by atoms with Crippen LogP contribution in [-0.4, -0.2) is 23.9 Å². The van der Waals surface area contributed by atoms with Gasteiger partial charge in [-0.2, -0.15) is 0 Å². The second-order valence-corrected chi connectivity index (χ2v) is 3.74. The van der Waals surface area contributed by atoms with Crippen molar-refractivity contribution in [3.8, 4) is 17.2 Å². The van der Waals surface area contributed by atoms with Gasteiger partial charge in [-0.25, -0.2) is 0 Å². The molecule has 0 amide bonds. The van der Waals surface area contributed by atoms with E-state index in [1.54, 1.807) is 18.2 Å². The number of amidine groups is 1. The zero-order valence-corrected chi connectivity index (χ0v) is 9.42. The van der Waals surface area contributed by atoms with Gasteiger partial charge in [0.05, 0.1) is 0 Å². The molecule has 0 aliphatic carbocycles. The van der Waals surface area contributed by atoms with E-state index in [1.165, 1.54) is 0 Å². The van der Waals surface area contributed by atoms with Gasteiger partial charge in [0, 0.05) is 12.5 Å². The molecule has 1 aromatic carbocycles. The Balaban J connectivity index is 1.99. The van der Waals surface area contributed by atoms with Crippen LogP contribution in [0.1, 0.15) is 13.3 Å². The third-order valence-corrected chi connectivity index (χ3v) is 2.31. The topological polar surface area (TPSA) is 86.3 Å². The van der Waals surface area contributed by atoms with Gasteiger partial charge in [-0.1, -0.05) is 5.16 Å². The first-order valence-electron chi connectivity index (χ1n) is 5.21. The standard InChI is InChI=1S/C11H14N2O4/c1-7(4-11(12)13-14)17-8-2-3-9-10(5-8)16-6-15-9/h2-3,5,7,14H,4,6H2,1H3,(H2,12,13). The largest absolute Gasteiger partial charge is 0.490 e. The lowest BCUT2D eigenvalue weighted by Gasteiger charge is -2.14. The molecule has 6 nitrogen and oxygen atoms in total. The van der Waals surface area contributed by atoms with Crippen LogP contribution in [-0.2, 0) is 0 Å². The predicted octanol–water partition coefficient (Wildman–Crippen LogP) is 1.32. The summed E-state index contributed by atoms with van der Waals surface area (Å²) >= 11 is 0. The van der Waals surface area contributed by atoms with Crippen molar-refractivity contribution in [3.63, 3.8) is 0 Å². The smallest absolute Gasteiger partial charge is 0.231 e. The Morgan fingerprint density at radius 1 is 1.53 bits per heavy atom. The summed E-state index contributed by atoms with van der Waals surface area (Å²) in [5, 5.41) is 11.3. The molecular formula is C11H14N2O4. The second-order valence-electron chi connectivity index (χ2n) is 3.74. The SMILES string of the molecule is CC(CC(N)=NO)Oc1ccc2c(c1)OCO2. The summed E-state index contributed by atoms with van der Waals surface area (Å²) in [5.41, 5.74) is 5.39. The predicted molar refractivity (Wildman–Crippen MR) is 60.7 cm³/mol. The summed E-state index contributed by atoms with van der Waals surface area (Å²) in [6.45, 7) is 2.07. The molecule has 6 heteroatoms. The van der Waals surface area contributed by atoms with Gasteiger partial charge in [0.1, 0.15) is 17.7 Å². The molecular weight excluding hydrogens is 224 g/mol. The number of ether oxygens (including phenoxy) is 3. The van der Waals surface area contributed by atoms with E-state index in [1.807, 2.05) is 6.92 Å². The summed E-state index contributed by atoms with van der Waals surface area (Å²) in [6, 6.07) is 5.33. The summed E-state index contributed by atoms with van der Waals surface area (Å²) in [6.07, 6.45) is 0.163. The van der Waals surface area contributed by atoms with Gasteiger partial charge in [0.25, 0.3) is 0 Å². The van der Waals surface area contributed by atoms with E-state index in [0.29, 0.717) is 23.7 Å². The Hall–Kier alpha value is -2.11. The van der Waals surface area contributed by atoms with Crippen LogP contribution in [0.4, 0.5) is 0 Å². The number of oxime groups is 1. The third kappa shape index (κ3) is 2.72. The van der Waals surface area contributed by atoms with Gasteiger partial charge in [0.2, 0.25) is 6.79 Å². The van der Waals surface area contributed by atoms with E-state index < -0.39 is 0 Å². The Kier molecular flexibility index (Phi) is 3.22. The maximum Gasteiger partial charge on any atom is 0.231 e. The van der Waals surface area contributed by atoms with E-state index in [0.717, 1.165) is 0 Å². The van der Waals surface area contributed by atoms with Crippen LogP contribution in [0.25, 0.3) is 0 Å². The first-order valence-corrected chi connectivity index (χ1v) is 5.21. The lowest BCUT2D eigenvalue weighted by molar-refractivity contribution is 0.173. The van der Waals surface area contributed by atoms with Crippen LogP contribution in [0, 0.1) is 0 Å². The summed E-state index contributed by atoms with van der Waals surface area (Å²) < 4.78 is 16.0. The zero-order valence-electron chi connectivity index (χ0n) is 9.42. The lowest BCUT2D eigenvalue weighted by atomic mass is 10.2. The minimum absolute atomic E-state index is 0.137. The van der Waals surface area contributed by atoms with Crippen LogP contribution < -0.4 is 19.9 Å². The molecule has 1 aliphatic heterocycles. The van der Waals surface area contributed by atoms with Crippen molar-refractivity contribution >= 4 is 5.84 Å². The minimum Gasteiger partial charge on any atom is -0.490 e. The third-order valence-electron chi connectivity index (χ3n) is 2.31. The molecule has 17 heavy (non-hydrogen) atoms. The number of fused-ring (bicyclic) bond motifs is 1. The van der Waals surface area contributed by atoms with Crippen LogP contribution >= 0.6 is 0 Å². The highest BCUT2D eigenvalue weighted by Gasteiger charge is 2.15. The van der Waals surface area contributed by atoms with E-state index in [-0.39, 0.29) is 18.7 Å². The fourth-order valence-corrected chi connectivity index (χ4v) is 1.56. The molecule has 0 radical (unpaired) electrons. The van der Waals surface area contributed by atoms with Crippen molar-refractivity contribution in [3.05, 3.63) is 18.2 Å². The fraction of sp³-hybridized carbons (Fsp3) is 0.364. The van der Waals surface area contributed by atoms with Gasteiger partial charge in [-0.05, 0) is 19.1 Å². The molecule has 92 valence electrons. The fourth-order valence-electron chi connectivity index (χ4n) is 1.56. The summed E-state index contributed by atoms with van der Waals surface area (Å²) in [4.78, 5) is 0.